The lowest BCUT2D eigenvalue weighted by Crippen LogP contribution is -2.43. The van der Waals surface area contributed by atoms with Crippen LogP contribution in [0.1, 0.15) is 18.9 Å². The highest BCUT2D eigenvalue weighted by Gasteiger charge is 2.23. The summed E-state index contributed by atoms with van der Waals surface area (Å²) in [5.41, 5.74) is 1.33. The zero-order valence-electron chi connectivity index (χ0n) is 12.7. The third-order valence-electron chi connectivity index (χ3n) is 3.96. The predicted octanol–water partition coefficient (Wildman–Crippen LogP) is 1.52. The van der Waals surface area contributed by atoms with Crippen molar-refractivity contribution in [2.45, 2.75) is 19.4 Å². The van der Waals surface area contributed by atoms with Crippen LogP contribution in [0, 0.1) is 11.3 Å². The first-order valence-electron chi connectivity index (χ1n) is 7.34. The number of hydrogen-bond donors (Lipinski definition) is 1. The minimum Gasteiger partial charge on any atom is -0.325 e. The van der Waals surface area contributed by atoms with Crippen molar-refractivity contribution in [1.82, 2.24) is 9.80 Å². The van der Waals surface area contributed by atoms with E-state index < -0.39 is 0 Å². The molecule has 1 aromatic rings. The number of hydrogen-bond acceptors (Lipinski definition) is 4. The number of rotatable bonds is 3. The molecule has 0 aliphatic carbocycles. The number of amides is 1. The molecule has 5 heteroatoms. The molecule has 1 aliphatic heterocycles. The van der Waals surface area contributed by atoms with Gasteiger partial charge in [0.2, 0.25) is 5.91 Å². The lowest BCUT2D eigenvalue weighted by atomic mass is 10.2. The molecule has 0 saturated carbocycles. The Bertz CT molecular complexity index is 520. The van der Waals surface area contributed by atoms with Crippen LogP contribution in [0.2, 0.25) is 0 Å². The predicted molar refractivity (Wildman–Crippen MR) is 82.9 cm³/mol. The van der Waals surface area contributed by atoms with Gasteiger partial charge < -0.3 is 10.2 Å². The van der Waals surface area contributed by atoms with Crippen LogP contribution in [0.4, 0.5) is 5.69 Å². The van der Waals surface area contributed by atoms with Gasteiger partial charge in [-0.3, -0.25) is 9.69 Å². The van der Waals surface area contributed by atoms with Gasteiger partial charge in [-0.2, -0.15) is 5.26 Å². The first kappa shape index (κ1) is 15.5. The van der Waals surface area contributed by atoms with Gasteiger partial charge >= 0.3 is 0 Å². The second kappa shape index (κ2) is 7.21. The molecule has 1 aliphatic rings. The number of nitrogens with one attached hydrogen (secondary N) is 1. The zero-order valence-corrected chi connectivity index (χ0v) is 12.7. The maximum Gasteiger partial charge on any atom is 0.241 e. The smallest absolute Gasteiger partial charge is 0.241 e. The molecule has 1 amide bonds. The Balaban J connectivity index is 1.93. The normalized spacial score (nSPS) is 18.5. The van der Waals surface area contributed by atoms with Crippen molar-refractivity contribution < 1.29 is 4.79 Å². The largest absolute Gasteiger partial charge is 0.325 e. The van der Waals surface area contributed by atoms with Crippen molar-refractivity contribution >= 4 is 11.6 Å². The number of nitriles is 1. The Morgan fingerprint density at radius 3 is 2.62 bits per heavy atom. The highest BCUT2D eigenvalue weighted by atomic mass is 16.2. The number of benzene rings is 1. The fourth-order valence-electron chi connectivity index (χ4n) is 2.49. The fraction of sp³-hybridized carbons (Fsp3) is 0.500. The van der Waals surface area contributed by atoms with Gasteiger partial charge in [0.05, 0.1) is 17.7 Å². The summed E-state index contributed by atoms with van der Waals surface area (Å²) < 4.78 is 0. The van der Waals surface area contributed by atoms with E-state index in [2.05, 4.69) is 28.2 Å². The number of anilines is 1. The zero-order chi connectivity index (χ0) is 15.2. The summed E-state index contributed by atoms with van der Waals surface area (Å²) in [7, 11) is 2.12. The van der Waals surface area contributed by atoms with Crippen molar-refractivity contribution in [2.24, 2.45) is 0 Å². The lowest BCUT2D eigenvalue weighted by molar-refractivity contribution is -0.120. The number of carbonyl (C=O) groups excluding carboxylic acids is 1. The molecular weight excluding hydrogens is 264 g/mol. The summed E-state index contributed by atoms with van der Waals surface area (Å²) in [5, 5.41) is 11.7. The third kappa shape index (κ3) is 4.28. The molecule has 1 heterocycles. The molecule has 0 aromatic heterocycles. The van der Waals surface area contributed by atoms with Crippen molar-refractivity contribution in [3.8, 4) is 6.07 Å². The van der Waals surface area contributed by atoms with Gasteiger partial charge in [-0.25, -0.2) is 0 Å². The van der Waals surface area contributed by atoms with Gasteiger partial charge in [0.1, 0.15) is 0 Å². The molecule has 1 unspecified atom stereocenters. The van der Waals surface area contributed by atoms with E-state index in [4.69, 9.17) is 5.26 Å². The highest BCUT2D eigenvalue weighted by Crippen LogP contribution is 2.12. The highest BCUT2D eigenvalue weighted by molar-refractivity contribution is 5.94. The molecule has 112 valence electrons. The van der Waals surface area contributed by atoms with Gasteiger partial charge in [-0.1, -0.05) is 0 Å². The summed E-state index contributed by atoms with van der Waals surface area (Å²) in [6.07, 6.45) is 1.09. The van der Waals surface area contributed by atoms with Crippen LogP contribution in [0.15, 0.2) is 24.3 Å². The Kier molecular flexibility index (Phi) is 5.32. The van der Waals surface area contributed by atoms with Crippen LogP contribution in [0.25, 0.3) is 0 Å². The minimum absolute atomic E-state index is 0.00395. The molecule has 1 atom stereocenters. The van der Waals surface area contributed by atoms with Gasteiger partial charge in [0, 0.05) is 25.3 Å². The van der Waals surface area contributed by atoms with E-state index >= 15 is 0 Å². The van der Waals surface area contributed by atoms with Gasteiger partial charge in [-0.15, -0.1) is 0 Å². The lowest BCUT2D eigenvalue weighted by Gasteiger charge is -2.26. The van der Waals surface area contributed by atoms with E-state index in [0.29, 0.717) is 5.56 Å². The monoisotopic (exact) mass is 286 g/mol. The fourth-order valence-corrected chi connectivity index (χ4v) is 2.49. The molecule has 1 fully saturated rings. The van der Waals surface area contributed by atoms with Crippen LogP contribution in [-0.4, -0.2) is 55.0 Å². The topological polar surface area (TPSA) is 59.4 Å². The van der Waals surface area contributed by atoms with E-state index in [0.717, 1.165) is 38.3 Å². The number of nitrogens with zero attached hydrogens (tertiary/aromatic N) is 3. The maximum atomic E-state index is 12.3. The molecule has 0 radical (unpaired) electrons. The van der Waals surface area contributed by atoms with Crippen molar-refractivity contribution in [3.63, 3.8) is 0 Å². The van der Waals surface area contributed by atoms with Crippen LogP contribution >= 0.6 is 0 Å². The molecule has 21 heavy (non-hydrogen) atoms. The minimum atomic E-state index is -0.146. The summed E-state index contributed by atoms with van der Waals surface area (Å²) in [4.78, 5) is 16.9. The quantitative estimate of drug-likeness (QED) is 0.915. The average Bonchev–Trinajstić information content (AvgIpc) is 2.72. The van der Waals surface area contributed by atoms with E-state index in [9.17, 15) is 4.79 Å². The Hall–Kier alpha value is -1.90. The Morgan fingerprint density at radius 1 is 1.24 bits per heavy atom. The van der Waals surface area contributed by atoms with E-state index in [1.54, 1.807) is 24.3 Å². The summed E-state index contributed by atoms with van der Waals surface area (Å²) >= 11 is 0. The molecule has 1 aromatic carbocycles. The average molecular weight is 286 g/mol. The van der Waals surface area contributed by atoms with Crippen molar-refractivity contribution in [1.29, 1.82) is 5.26 Å². The summed E-state index contributed by atoms with van der Waals surface area (Å²) in [6.45, 7) is 5.89. The second-order valence-corrected chi connectivity index (χ2v) is 5.55. The van der Waals surface area contributed by atoms with E-state index in [-0.39, 0.29) is 11.9 Å². The van der Waals surface area contributed by atoms with Crippen LogP contribution in [-0.2, 0) is 4.79 Å². The summed E-state index contributed by atoms with van der Waals surface area (Å²) in [6, 6.07) is 8.87. The molecule has 2 rings (SSSR count). The third-order valence-corrected chi connectivity index (χ3v) is 3.96. The first-order valence-corrected chi connectivity index (χ1v) is 7.34. The van der Waals surface area contributed by atoms with Gasteiger partial charge in [0.15, 0.2) is 0 Å². The van der Waals surface area contributed by atoms with Crippen LogP contribution < -0.4 is 5.32 Å². The van der Waals surface area contributed by atoms with Crippen LogP contribution in [0.5, 0.6) is 0 Å². The van der Waals surface area contributed by atoms with E-state index in [1.807, 2.05) is 6.92 Å². The molecule has 1 saturated heterocycles. The summed E-state index contributed by atoms with van der Waals surface area (Å²) in [5.74, 6) is 0.00395. The second-order valence-electron chi connectivity index (χ2n) is 5.55. The number of likely N-dealkylation sites (N-methyl/N-ethyl adjacent to an activating group) is 1. The molecular formula is C16H22N4O. The van der Waals surface area contributed by atoms with Crippen molar-refractivity contribution in [2.75, 3.05) is 38.5 Å². The molecule has 0 spiro atoms. The molecule has 5 nitrogen and oxygen atoms in total. The SMILES string of the molecule is CC(C(=O)Nc1ccc(C#N)cc1)N1CCCN(C)CC1. The van der Waals surface area contributed by atoms with Gasteiger partial charge in [-0.05, 0) is 51.2 Å². The van der Waals surface area contributed by atoms with E-state index in [1.165, 1.54) is 0 Å². The maximum absolute atomic E-state index is 12.3. The first-order chi connectivity index (χ1) is 10.1. The van der Waals surface area contributed by atoms with Gasteiger partial charge in [0.25, 0.3) is 0 Å². The van der Waals surface area contributed by atoms with Crippen LogP contribution in [0.3, 0.4) is 0 Å². The standard InChI is InChI=1S/C16H22N4O/c1-13(20-9-3-8-19(2)10-11-20)16(21)18-15-6-4-14(12-17)5-7-15/h4-7,13H,3,8-11H2,1-2H3,(H,18,21). The molecule has 1 N–H and O–H groups in total. The molecule has 0 bridgehead atoms. The number of carbonyl (C=O) groups is 1. The van der Waals surface area contributed by atoms with Crippen molar-refractivity contribution in [3.05, 3.63) is 29.8 Å². The Morgan fingerprint density at radius 2 is 1.95 bits per heavy atom. The Labute approximate surface area is 126 Å².